The van der Waals surface area contributed by atoms with Gasteiger partial charge in [0.25, 0.3) is 0 Å². The van der Waals surface area contributed by atoms with Gasteiger partial charge in [0.2, 0.25) is 0 Å². The fraction of sp³-hybridized carbons (Fsp3) is 0.735. The average Bonchev–Trinajstić information content (AvgIpc) is 3.18. The van der Waals surface area contributed by atoms with Gasteiger partial charge in [0.15, 0.2) is 6.10 Å². The molecule has 0 rings (SSSR count). The molecule has 0 bridgehead atoms. The minimum atomic E-state index is -0.810. The maximum atomic E-state index is 12.7. The number of allylic oxidation sites excluding steroid dienone is 10. The molecular weight excluding hydrogens is 685 g/mol. The maximum Gasteiger partial charge on any atom is 0.306 e. The minimum absolute atomic E-state index is 0.105. The van der Waals surface area contributed by atoms with Gasteiger partial charge < -0.3 is 14.2 Å². The van der Waals surface area contributed by atoms with Crippen molar-refractivity contribution in [3.8, 4) is 0 Å². The Morgan fingerprint density at radius 1 is 0.382 bits per heavy atom. The zero-order chi connectivity index (χ0) is 40.1. The van der Waals surface area contributed by atoms with Crippen LogP contribution in [0.5, 0.6) is 0 Å². The smallest absolute Gasteiger partial charge is 0.306 e. The molecule has 1 atom stereocenters. The van der Waals surface area contributed by atoms with E-state index in [1.54, 1.807) is 0 Å². The molecule has 0 aliphatic carbocycles. The first-order valence-electron chi connectivity index (χ1n) is 22.8. The Kier molecular flexibility index (Phi) is 41.5. The zero-order valence-corrected chi connectivity index (χ0v) is 35.9. The van der Waals surface area contributed by atoms with Gasteiger partial charge in [-0.2, -0.15) is 0 Å². The second-order valence-corrected chi connectivity index (χ2v) is 14.9. The van der Waals surface area contributed by atoms with Gasteiger partial charge in [-0.05, 0) is 70.6 Å². The average molecular weight is 769 g/mol. The lowest BCUT2D eigenvalue weighted by Crippen LogP contribution is -2.30. The molecule has 0 aromatic rings. The molecule has 6 heteroatoms. The summed E-state index contributed by atoms with van der Waals surface area (Å²) in [6, 6.07) is 0. The first-order chi connectivity index (χ1) is 27.0. The second-order valence-electron chi connectivity index (χ2n) is 14.9. The Hall–Kier alpha value is -2.89. The van der Waals surface area contributed by atoms with E-state index >= 15 is 0 Å². The van der Waals surface area contributed by atoms with Crippen molar-refractivity contribution in [2.24, 2.45) is 0 Å². The Labute approximate surface area is 339 Å². The third-order valence-electron chi connectivity index (χ3n) is 9.52. The number of hydrogen-bond donors (Lipinski definition) is 0. The van der Waals surface area contributed by atoms with Gasteiger partial charge in [0.1, 0.15) is 13.2 Å². The monoisotopic (exact) mass is 769 g/mol. The summed E-state index contributed by atoms with van der Waals surface area (Å²) in [5, 5.41) is 0. The van der Waals surface area contributed by atoms with Gasteiger partial charge in [-0.1, -0.05) is 184 Å². The van der Waals surface area contributed by atoms with Crippen LogP contribution in [0.1, 0.15) is 213 Å². The fourth-order valence-corrected chi connectivity index (χ4v) is 6.10. The van der Waals surface area contributed by atoms with Crippen molar-refractivity contribution in [3.63, 3.8) is 0 Å². The largest absolute Gasteiger partial charge is 0.462 e. The predicted octanol–water partition coefficient (Wildman–Crippen LogP) is 14.5. The van der Waals surface area contributed by atoms with E-state index in [1.165, 1.54) is 96.3 Å². The van der Waals surface area contributed by atoms with Crippen molar-refractivity contribution in [3.05, 3.63) is 60.8 Å². The molecule has 0 aliphatic rings. The molecule has 316 valence electrons. The molecule has 55 heavy (non-hydrogen) atoms. The number of carbonyl (C=O) groups excluding carboxylic acids is 3. The van der Waals surface area contributed by atoms with Crippen LogP contribution in [0.25, 0.3) is 0 Å². The summed E-state index contributed by atoms with van der Waals surface area (Å²) in [5.41, 5.74) is 0. The Bertz CT molecular complexity index is 1020. The number of ether oxygens (including phenoxy) is 3. The highest BCUT2D eigenvalue weighted by Crippen LogP contribution is 2.13. The zero-order valence-electron chi connectivity index (χ0n) is 35.9. The lowest BCUT2D eigenvalue weighted by molar-refractivity contribution is -0.166. The summed E-state index contributed by atoms with van der Waals surface area (Å²) in [6.45, 7) is 6.40. The van der Waals surface area contributed by atoms with Crippen molar-refractivity contribution in [1.82, 2.24) is 0 Å². The van der Waals surface area contributed by atoms with E-state index < -0.39 is 12.1 Å². The molecule has 1 unspecified atom stereocenters. The number of carbonyl (C=O) groups is 3. The first kappa shape index (κ1) is 52.1. The summed E-state index contributed by atoms with van der Waals surface area (Å²) in [4.78, 5) is 37.6. The standard InChI is InChI=1S/C49H84O6/c1-4-7-10-13-16-19-21-23-24-25-27-28-30-33-36-39-42-48(51)54-45-46(44-53-47(50)41-38-35-32-18-15-12-9-6-3)55-49(52)43-40-37-34-31-29-26-22-20-17-14-11-8-5-2/h8,11,17,20,24-26,29,34,37,46H,4-7,9-10,12-16,18-19,21-23,27-28,30-33,35-36,38-45H2,1-3H3/b11-8-,20-17-,25-24-,29-26-,37-34-. The van der Waals surface area contributed by atoms with Gasteiger partial charge in [-0.3, -0.25) is 14.4 Å². The van der Waals surface area contributed by atoms with Crippen LogP contribution < -0.4 is 0 Å². The highest BCUT2D eigenvalue weighted by molar-refractivity contribution is 5.71. The van der Waals surface area contributed by atoms with Crippen LogP contribution in [0, 0.1) is 0 Å². The molecule has 0 amide bonds. The van der Waals surface area contributed by atoms with Gasteiger partial charge >= 0.3 is 17.9 Å². The molecule has 0 spiro atoms. The maximum absolute atomic E-state index is 12.7. The predicted molar refractivity (Wildman–Crippen MR) is 233 cm³/mol. The third kappa shape index (κ3) is 42.1. The summed E-state index contributed by atoms with van der Waals surface area (Å²) in [5.74, 6) is -1.00. The third-order valence-corrected chi connectivity index (χ3v) is 9.52. The van der Waals surface area contributed by atoms with E-state index in [1.807, 2.05) is 12.2 Å². The van der Waals surface area contributed by atoms with E-state index in [4.69, 9.17) is 14.2 Å². The Morgan fingerprint density at radius 3 is 1.18 bits per heavy atom. The van der Waals surface area contributed by atoms with E-state index in [2.05, 4.69) is 69.4 Å². The second kappa shape index (κ2) is 43.8. The van der Waals surface area contributed by atoms with Crippen LogP contribution in [0.15, 0.2) is 60.8 Å². The molecule has 0 radical (unpaired) electrons. The fourth-order valence-electron chi connectivity index (χ4n) is 6.10. The molecule has 0 aliphatic heterocycles. The summed E-state index contributed by atoms with van der Waals surface area (Å²) in [7, 11) is 0. The van der Waals surface area contributed by atoms with Gasteiger partial charge in [-0.15, -0.1) is 0 Å². The van der Waals surface area contributed by atoms with Crippen LogP contribution in [0.3, 0.4) is 0 Å². The highest BCUT2D eigenvalue weighted by Gasteiger charge is 2.19. The van der Waals surface area contributed by atoms with E-state index in [0.717, 1.165) is 70.6 Å². The Balaban J connectivity index is 4.43. The van der Waals surface area contributed by atoms with Crippen LogP contribution >= 0.6 is 0 Å². The van der Waals surface area contributed by atoms with E-state index in [0.29, 0.717) is 19.3 Å². The van der Waals surface area contributed by atoms with Gasteiger partial charge in [0.05, 0.1) is 0 Å². The van der Waals surface area contributed by atoms with Crippen molar-refractivity contribution in [2.75, 3.05) is 13.2 Å². The summed E-state index contributed by atoms with van der Waals surface area (Å²) in [6.07, 6.45) is 52.2. The highest BCUT2D eigenvalue weighted by atomic mass is 16.6. The van der Waals surface area contributed by atoms with Crippen LogP contribution in [-0.2, 0) is 28.6 Å². The molecule has 6 nitrogen and oxygen atoms in total. The van der Waals surface area contributed by atoms with Crippen molar-refractivity contribution in [1.29, 1.82) is 0 Å². The van der Waals surface area contributed by atoms with Crippen molar-refractivity contribution in [2.45, 2.75) is 219 Å². The van der Waals surface area contributed by atoms with E-state index in [9.17, 15) is 14.4 Å². The number of rotatable bonds is 40. The molecule has 0 N–H and O–H groups in total. The summed E-state index contributed by atoms with van der Waals surface area (Å²) >= 11 is 0. The number of esters is 3. The molecular formula is C49H84O6. The van der Waals surface area contributed by atoms with Crippen LogP contribution in [-0.4, -0.2) is 37.2 Å². The van der Waals surface area contributed by atoms with Crippen LogP contribution in [0.4, 0.5) is 0 Å². The molecule has 0 aromatic heterocycles. The number of unbranched alkanes of at least 4 members (excludes halogenated alkanes) is 19. The van der Waals surface area contributed by atoms with Crippen molar-refractivity contribution >= 4 is 17.9 Å². The minimum Gasteiger partial charge on any atom is -0.462 e. The number of hydrogen-bond acceptors (Lipinski definition) is 6. The quantitative estimate of drug-likeness (QED) is 0.0267. The Morgan fingerprint density at radius 2 is 0.745 bits per heavy atom. The molecule has 0 saturated heterocycles. The SMILES string of the molecule is CC/C=C\C/C=C\C/C=C\C/C=C\CCC(=O)OC(COC(=O)CCCCCCC/C=C\CCCCCCCCC)COC(=O)CCCCCCCCCC. The molecule has 0 aromatic carbocycles. The van der Waals surface area contributed by atoms with Gasteiger partial charge in [-0.25, -0.2) is 0 Å². The first-order valence-corrected chi connectivity index (χ1v) is 22.8. The molecule has 0 heterocycles. The molecule has 0 fully saturated rings. The van der Waals surface area contributed by atoms with E-state index in [-0.39, 0.29) is 31.6 Å². The topological polar surface area (TPSA) is 78.9 Å². The molecule has 0 saturated carbocycles. The lowest BCUT2D eigenvalue weighted by atomic mass is 10.1. The van der Waals surface area contributed by atoms with Gasteiger partial charge in [0, 0.05) is 19.3 Å². The van der Waals surface area contributed by atoms with Crippen LogP contribution in [0.2, 0.25) is 0 Å². The van der Waals surface area contributed by atoms with Crippen molar-refractivity contribution < 1.29 is 28.6 Å². The summed E-state index contributed by atoms with van der Waals surface area (Å²) < 4.78 is 16.6. The lowest BCUT2D eigenvalue weighted by Gasteiger charge is -2.18. The normalized spacial score (nSPS) is 12.6.